The molecule has 0 bridgehead atoms. The van der Waals surface area contributed by atoms with E-state index in [1.807, 2.05) is 19.2 Å². The average molecular weight is 468 g/mol. The summed E-state index contributed by atoms with van der Waals surface area (Å²) < 4.78 is 15.8. The van der Waals surface area contributed by atoms with Crippen LogP contribution >= 0.6 is 0 Å². The first-order valence-electron chi connectivity index (χ1n) is 9.27. The molecule has 33 heavy (non-hydrogen) atoms. The predicted octanol–water partition coefficient (Wildman–Crippen LogP) is 2.90. The van der Waals surface area contributed by atoms with E-state index in [2.05, 4.69) is 5.32 Å². The molecule has 0 amide bonds. The van der Waals surface area contributed by atoms with Gasteiger partial charge in [0.05, 0.1) is 42.2 Å². The van der Waals surface area contributed by atoms with Crippen LogP contribution in [0, 0.1) is 37.3 Å². The van der Waals surface area contributed by atoms with E-state index >= 15 is 0 Å². The average Bonchev–Trinajstić information content (AvgIpc) is 2.76. The van der Waals surface area contributed by atoms with Crippen LogP contribution in [0.2, 0.25) is 0 Å². The minimum absolute atomic E-state index is 0.442. The number of ether oxygens (including phenoxy) is 3. The minimum Gasteiger partial charge on any atom is -0.497 e. The summed E-state index contributed by atoms with van der Waals surface area (Å²) in [7, 11) is 6.78. The van der Waals surface area contributed by atoms with Crippen LogP contribution < -0.4 is 19.5 Å². The number of likely N-dealkylation sites (N-methyl/N-ethyl adjacent to an activating group) is 1. The van der Waals surface area contributed by atoms with Crippen LogP contribution in [0.4, 0.5) is 17.1 Å². The van der Waals surface area contributed by atoms with E-state index in [0.29, 0.717) is 23.3 Å². The first-order chi connectivity index (χ1) is 15.5. The highest BCUT2D eigenvalue weighted by Crippen LogP contribution is 2.42. The molecule has 0 saturated heterocycles. The predicted molar refractivity (Wildman–Crippen MR) is 117 cm³/mol. The van der Waals surface area contributed by atoms with Crippen LogP contribution in [-0.2, 0) is 6.42 Å². The number of nitrogens with zero attached hydrogens (tertiary/aromatic N) is 3. The first kappa shape index (κ1) is 26.8. The molecule has 0 aliphatic rings. The Morgan fingerprint density at radius 1 is 0.879 bits per heavy atom. The van der Waals surface area contributed by atoms with Crippen molar-refractivity contribution in [3.63, 3.8) is 0 Å². The molecule has 180 valence electrons. The minimum atomic E-state index is -1.19. The molecule has 0 aromatic heterocycles. The lowest BCUT2D eigenvalue weighted by Gasteiger charge is -2.14. The zero-order valence-electron chi connectivity index (χ0n) is 18.6. The van der Waals surface area contributed by atoms with Crippen LogP contribution in [0.5, 0.6) is 23.0 Å². The molecule has 0 radical (unpaired) electrons. The molecule has 0 atom stereocenters. The summed E-state index contributed by atoms with van der Waals surface area (Å²) in [6.07, 6.45) is 0.924. The van der Waals surface area contributed by atoms with Gasteiger partial charge in [-0.25, -0.2) is 0 Å². The maximum atomic E-state index is 10.6. The highest BCUT2D eigenvalue weighted by molar-refractivity contribution is 5.69. The zero-order chi connectivity index (χ0) is 25.3. The van der Waals surface area contributed by atoms with Crippen molar-refractivity contribution in [1.29, 1.82) is 0 Å². The number of phenolic OH excluding ortho intramolecular Hbond substituents is 1. The monoisotopic (exact) mass is 468 g/mol. The van der Waals surface area contributed by atoms with Crippen molar-refractivity contribution in [2.75, 3.05) is 34.9 Å². The van der Waals surface area contributed by atoms with Crippen molar-refractivity contribution in [1.82, 2.24) is 5.32 Å². The molecule has 2 N–H and O–H groups in total. The maximum absolute atomic E-state index is 10.6. The number of rotatable bonds is 9. The number of nitro groups is 3. The van der Waals surface area contributed by atoms with Gasteiger partial charge < -0.3 is 24.6 Å². The summed E-state index contributed by atoms with van der Waals surface area (Å²) >= 11 is 0. The highest BCUT2D eigenvalue weighted by atomic mass is 16.6. The van der Waals surface area contributed by atoms with Gasteiger partial charge in [0.2, 0.25) is 5.75 Å². The standard InChI is InChI=1S/C12H19NO3.C7H5N3O7/c1-13-6-5-9-7-10(14-2)12(16-4)11(8-9)15-3;1-3-4(8(12)13)2-5(9(14)15)7(11)6(3)10(16)17/h7-8,13H,5-6H2,1-4H3;2,11H,1H3. The molecule has 2 aromatic carbocycles. The van der Waals surface area contributed by atoms with E-state index in [0.717, 1.165) is 25.5 Å². The molecular formula is C19H24N4O10. The second-order valence-corrected chi connectivity index (χ2v) is 6.40. The van der Waals surface area contributed by atoms with Crippen LogP contribution in [0.3, 0.4) is 0 Å². The smallest absolute Gasteiger partial charge is 0.327 e. The Hall–Kier alpha value is -4.20. The van der Waals surface area contributed by atoms with Crippen molar-refractivity contribution < 1.29 is 34.1 Å². The largest absolute Gasteiger partial charge is 0.497 e. The topological polar surface area (TPSA) is 189 Å². The number of phenols is 1. The van der Waals surface area contributed by atoms with Crippen molar-refractivity contribution in [2.24, 2.45) is 0 Å². The Morgan fingerprint density at radius 3 is 1.76 bits per heavy atom. The summed E-state index contributed by atoms with van der Waals surface area (Å²) in [6, 6.07) is 4.43. The summed E-state index contributed by atoms with van der Waals surface area (Å²) in [5, 5.41) is 44.1. The molecule has 0 aliphatic heterocycles. The van der Waals surface area contributed by atoms with Crippen LogP contribution in [0.15, 0.2) is 18.2 Å². The molecule has 0 saturated carbocycles. The number of hydrogen-bond donors (Lipinski definition) is 2. The lowest BCUT2D eigenvalue weighted by Crippen LogP contribution is -2.10. The lowest BCUT2D eigenvalue weighted by molar-refractivity contribution is -0.405. The van der Waals surface area contributed by atoms with E-state index in [4.69, 9.17) is 14.2 Å². The number of benzene rings is 2. The van der Waals surface area contributed by atoms with Crippen molar-refractivity contribution >= 4 is 17.1 Å². The third-order valence-electron chi connectivity index (χ3n) is 4.44. The molecule has 14 nitrogen and oxygen atoms in total. The molecule has 0 spiro atoms. The third-order valence-corrected chi connectivity index (χ3v) is 4.44. The molecule has 0 unspecified atom stereocenters. The van der Waals surface area contributed by atoms with Gasteiger partial charge in [0.15, 0.2) is 11.5 Å². The maximum Gasteiger partial charge on any atom is 0.327 e. The van der Waals surface area contributed by atoms with Gasteiger partial charge in [-0.2, -0.15) is 0 Å². The highest BCUT2D eigenvalue weighted by Gasteiger charge is 2.34. The number of nitro benzene ring substituents is 3. The molecule has 2 rings (SSSR count). The van der Waals surface area contributed by atoms with Crippen molar-refractivity contribution in [3.8, 4) is 23.0 Å². The number of nitrogens with one attached hydrogen (secondary N) is 1. The molecule has 0 heterocycles. The molecule has 2 aromatic rings. The van der Waals surface area contributed by atoms with Crippen molar-refractivity contribution in [3.05, 3.63) is 59.7 Å². The normalized spacial score (nSPS) is 9.97. The van der Waals surface area contributed by atoms with Gasteiger partial charge >= 0.3 is 11.4 Å². The Morgan fingerprint density at radius 2 is 1.39 bits per heavy atom. The second kappa shape index (κ2) is 12.0. The van der Waals surface area contributed by atoms with Gasteiger partial charge in [-0.15, -0.1) is 0 Å². The fraction of sp³-hybridized carbons (Fsp3) is 0.368. The van der Waals surface area contributed by atoms with Crippen LogP contribution in [0.25, 0.3) is 0 Å². The van der Waals surface area contributed by atoms with Gasteiger partial charge in [0, 0.05) is 0 Å². The van der Waals surface area contributed by atoms with Crippen LogP contribution in [0.1, 0.15) is 11.1 Å². The summed E-state index contributed by atoms with van der Waals surface area (Å²) in [4.78, 5) is 28.4. The quantitative estimate of drug-likeness (QED) is 0.406. The van der Waals surface area contributed by atoms with Crippen LogP contribution in [-0.4, -0.2) is 54.8 Å². The summed E-state index contributed by atoms with van der Waals surface area (Å²) in [5.41, 5.74) is -2.19. The molecular weight excluding hydrogens is 444 g/mol. The fourth-order valence-electron chi connectivity index (χ4n) is 2.83. The van der Waals surface area contributed by atoms with Gasteiger partial charge in [0.1, 0.15) is 5.56 Å². The number of aromatic hydroxyl groups is 1. The first-order valence-corrected chi connectivity index (χ1v) is 9.27. The number of hydrogen-bond acceptors (Lipinski definition) is 11. The molecule has 0 fully saturated rings. The summed E-state index contributed by atoms with van der Waals surface area (Å²) in [5.74, 6) is 0.849. The van der Waals surface area contributed by atoms with Gasteiger partial charge in [-0.1, -0.05) is 0 Å². The molecule has 14 heteroatoms. The van der Waals surface area contributed by atoms with E-state index in [-0.39, 0.29) is 0 Å². The van der Waals surface area contributed by atoms with Gasteiger partial charge in [-0.05, 0) is 44.6 Å². The van der Waals surface area contributed by atoms with Gasteiger partial charge in [0.25, 0.3) is 11.4 Å². The lowest BCUT2D eigenvalue weighted by atomic mass is 10.1. The van der Waals surface area contributed by atoms with E-state index in [9.17, 15) is 35.4 Å². The third kappa shape index (κ3) is 6.39. The van der Waals surface area contributed by atoms with E-state index in [1.165, 1.54) is 0 Å². The Labute approximate surface area is 188 Å². The summed E-state index contributed by atoms with van der Waals surface area (Å²) in [6.45, 7) is 1.94. The van der Waals surface area contributed by atoms with E-state index in [1.54, 1.807) is 21.3 Å². The Kier molecular flexibility index (Phi) is 9.75. The van der Waals surface area contributed by atoms with Gasteiger partial charge in [-0.3, -0.25) is 30.3 Å². The second-order valence-electron chi connectivity index (χ2n) is 6.40. The number of methoxy groups -OCH3 is 3. The van der Waals surface area contributed by atoms with Crippen molar-refractivity contribution in [2.45, 2.75) is 13.3 Å². The fourth-order valence-corrected chi connectivity index (χ4v) is 2.83. The Balaban J connectivity index is 0.000000331. The zero-order valence-corrected chi connectivity index (χ0v) is 18.6. The van der Waals surface area contributed by atoms with E-state index < -0.39 is 43.1 Å². The molecule has 0 aliphatic carbocycles. The SMILES string of the molecule is CNCCc1cc(OC)c(OC)c(OC)c1.Cc1c([N+](=O)[O-])cc([N+](=O)[O-])c(O)c1[N+](=O)[O-]. The Bertz CT molecular complexity index is 978.